The largest absolute Gasteiger partial charge is 0.481 e. The third-order valence-corrected chi connectivity index (χ3v) is 1.31. The lowest BCUT2D eigenvalue weighted by molar-refractivity contribution is -0.140. The fourth-order valence-corrected chi connectivity index (χ4v) is 0.387. The van der Waals surface area contributed by atoms with Crippen molar-refractivity contribution in [2.45, 2.75) is 46.3 Å². The minimum absolute atomic E-state index is 0.231. The summed E-state index contributed by atoms with van der Waals surface area (Å²) in [6, 6.07) is 0. The van der Waals surface area contributed by atoms with Gasteiger partial charge in [-0.25, -0.2) is 0 Å². The van der Waals surface area contributed by atoms with Gasteiger partial charge in [0.25, 0.3) is 0 Å². The van der Waals surface area contributed by atoms with Crippen LogP contribution in [0, 0.1) is 5.92 Å². The molecular weight excluding hydrogens is 222 g/mol. The molecule has 0 rings (SSSR count). The van der Waals surface area contributed by atoms with Crippen molar-refractivity contribution in [1.82, 2.24) is 4.90 Å². The molecule has 0 atom stereocenters. The molecule has 106 valence electrons. The molecule has 0 aliphatic rings. The van der Waals surface area contributed by atoms with Crippen LogP contribution in [0.2, 0.25) is 0 Å². The summed E-state index contributed by atoms with van der Waals surface area (Å²) in [6.45, 7) is 5.30. The van der Waals surface area contributed by atoms with E-state index in [0.29, 0.717) is 6.42 Å². The van der Waals surface area contributed by atoms with Crippen LogP contribution in [0.4, 0.5) is 0 Å². The molecule has 5 heteroatoms. The zero-order valence-electron chi connectivity index (χ0n) is 12.0. The van der Waals surface area contributed by atoms with Gasteiger partial charge in [0.05, 0.1) is 5.92 Å². The van der Waals surface area contributed by atoms with Crippen LogP contribution >= 0.6 is 0 Å². The number of unbranched alkanes of at least 4 members (excludes halogenated alkanes) is 1. The van der Waals surface area contributed by atoms with Crippen molar-refractivity contribution in [3.63, 3.8) is 0 Å². The van der Waals surface area contributed by atoms with Gasteiger partial charge in [-0.15, -0.1) is 0 Å². The lowest BCUT2D eigenvalue weighted by Gasteiger charge is -1.97. The van der Waals surface area contributed by atoms with Crippen LogP contribution in [0.5, 0.6) is 0 Å². The van der Waals surface area contributed by atoms with Crippen molar-refractivity contribution in [2.75, 3.05) is 21.1 Å². The van der Waals surface area contributed by atoms with Crippen LogP contribution in [0.15, 0.2) is 0 Å². The highest BCUT2D eigenvalue weighted by molar-refractivity contribution is 5.68. The molecule has 0 aromatic rings. The number of aliphatic hydroxyl groups is 2. The predicted octanol–water partition coefficient (Wildman–Crippen LogP) is 1.39. The van der Waals surface area contributed by atoms with E-state index >= 15 is 0 Å². The fraction of sp³-hybridized carbons (Fsp3) is 0.917. The number of carboxylic acid groups (broad SMARTS) is 1. The van der Waals surface area contributed by atoms with Crippen LogP contribution in [-0.4, -0.2) is 53.6 Å². The van der Waals surface area contributed by atoms with Gasteiger partial charge in [0.15, 0.2) is 6.29 Å². The molecule has 0 heterocycles. The van der Waals surface area contributed by atoms with Gasteiger partial charge in [0.2, 0.25) is 0 Å². The summed E-state index contributed by atoms with van der Waals surface area (Å²) < 4.78 is 0. The maximum Gasteiger partial charge on any atom is 0.305 e. The minimum atomic E-state index is -1.10. The lowest BCUT2D eigenvalue weighted by atomic mass is 10.2. The normalized spacial score (nSPS) is 9.59. The average molecular weight is 251 g/mol. The van der Waals surface area contributed by atoms with Crippen LogP contribution in [0.25, 0.3) is 0 Å². The van der Waals surface area contributed by atoms with Gasteiger partial charge in [-0.1, -0.05) is 27.2 Å². The van der Waals surface area contributed by atoms with Gasteiger partial charge < -0.3 is 20.2 Å². The summed E-state index contributed by atoms with van der Waals surface area (Å²) in [5, 5.41) is 24.5. The van der Waals surface area contributed by atoms with Gasteiger partial charge in [-0.2, -0.15) is 0 Å². The third-order valence-electron chi connectivity index (χ3n) is 1.31. The standard InChI is InChI=1S/C5H12O2.C4H8O2.C3H9N/c1-2-3-4-5(6)7;1-3(2)4(5)6;1-4(2)3/h5-7H,2-4H2,1H3;3H,1-2H3,(H,5,6);1-3H3. The molecule has 0 bridgehead atoms. The quantitative estimate of drug-likeness (QED) is 0.658. The molecule has 0 aliphatic heterocycles. The topological polar surface area (TPSA) is 81.0 Å². The minimum Gasteiger partial charge on any atom is -0.481 e. The Morgan fingerprint density at radius 2 is 1.47 bits per heavy atom. The molecule has 17 heavy (non-hydrogen) atoms. The van der Waals surface area contributed by atoms with Crippen LogP contribution in [0.3, 0.4) is 0 Å². The van der Waals surface area contributed by atoms with Gasteiger partial charge >= 0.3 is 5.97 Å². The number of carboxylic acids is 1. The number of hydrogen-bond acceptors (Lipinski definition) is 4. The molecule has 0 spiro atoms. The van der Waals surface area contributed by atoms with E-state index in [1.165, 1.54) is 0 Å². The summed E-state index contributed by atoms with van der Waals surface area (Å²) in [6.07, 6.45) is 1.34. The highest BCUT2D eigenvalue weighted by atomic mass is 16.5. The number of rotatable bonds is 4. The zero-order chi connectivity index (χ0) is 14.4. The molecule has 0 aromatic carbocycles. The van der Waals surface area contributed by atoms with E-state index in [4.69, 9.17) is 15.3 Å². The van der Waals surface area contributed by atoms with E-state index in [-0.39, 0.29) is 5.92 Å². The Balaban J connectivity index is -0.000000180. The molecule has 0 amide bonds. The second-order valence-electron chi connectivity index (χ2n) is 4.46. The monoisotopic (exact) mass is 251 g/mol. The summed E-state index contributed by atoms with van der Waals surface area (Å²) in [5.41, 5.74) is 0. The highest BCUT2D eigenvalue weighted by Gasteiger charge is 1.99. The van der Waals surface area contributed by atoms with E-state index in [1.807, 2.05) is 33.0 Å². The molecule has 0 fully saturated rings. The van der Waals surface area contributed by atoms with E-state index in [1.54, 1.807) is 13.8 Å². The van der Waals surface area contributed by atoms with Crippen molar-refractivity contribution < 1.29 is 20.1 Å². The molecule has 0 saturated carbocycles. The van der Waals surface area contributed by atoms with Crippen molar-refractivity contribution in [1.29, 1.82) is 0 Å². The van der Waals surface area contributed by atoms with Crippen molar-refractivity contribution in [2.24, 2.45) is 5.92 Å². The molecular formula is C12H29NO4. The third kappa shape index (κ3) is 50.6. The molecule has 5 nitrogen and oxygen atoms in total. The summed E-state index contributed by atoms with van der Waals surface area (Å²) in [4.78, 5) is 11.7. The highest BCUT2D eigenvalue weighted by Crippen LogP contribution is 1.95. The Morgan fingerprint density at radius 1 is 1.18 bits per heavy atom. The Bertz CT molecular complexity index is 156. The Hall–Kier alpha value is -0.650. The van der Waals surface area contributed by atoms with Crippen LogP contribution in [-0.2, 0) is 4.79 Å². The Kier molecular flexibility index (Phi) is 19.5. The predicted molar refractivity (Wildman–Crippen MR) is 69.8 cm³/mol. The number of aliphatic hydroxyl groups excluding tert-OH is 1. The summed E-state index contributed by atoms with van der Waals surface area (Å²) >= 11 is 0. The van der Waals surface area contributed by atoms with Crippen molar-refractivity contribution >= 4 is 5.97 Å². The smallest absolute Gasteiger partial charge is 0.305 e. The van der Waals surface area contributed by atoms with Crippen molar-refractivity contribution in [3.8, 4) is 0 Å². The molecule has 3 N–H and O–H groups in total. The molecule has 0 saturated heterocycles. The summed E-state index contributed by atoms with van der Waals surface area (Å²) in [5.74, 6) is -0.972. The van der Waals surface area contributed by atoms with E-state index in [2.05, 4.69) is 0 Å². The second-order valence-corrected chi connectivity index (χ2v) is 4.46. The summed E-state index contributed by atoms with van der Waals surface area (Å²) in [7, 11) is 6.00. The van der Waals surface area contributed by atoms with E-state index in [9.17, 15) is 4.79 Å². The second kappa shape index (κ2) is 15.4. The van der Waals surface area contributed by atoms with Crippen LogP contribution < -0.4 is 0 Å². The Morgan fingerprint density at radius 3 is 1.53 bits per heavy atom. The first-order chi connectivity index (χ1) is 7.64. The van der Waals surface area contributed by atoms with E-state index < -0.39 is 12.3 Å². The average Bonchev–Trinajstić information content (AvgIpc) is 2.14. The molecule has 0 unspecified atom stereocenters. The van der Waals surface area contributed by atoms with Gasteiger partial charge in [0, 0.05) is 0 Å². The first-order valence-corrected chi connectivity index (χ1v) is 5.84. The molecule has 0 aliphatic carbocycles. The molecule has 0 aromatic heterocycles. The van der Waals surface area contributed by atoms with Crippen molar-refractivity contribution in [3.05, 3.63) is 0 Å². The maximum atomic E-state index is 9.70. The van der Waals surface area contributed by atoms with Gasteiger partial charge in [-0.3, -0.25) is 4.79 Å². The van der Waals surface area contributed by atoms with Gasteiger partial charge in [-0.05, 0) is 34.0 Å². The zero-order valence-corrected chi connectivity index (χ0v) is 12.0. The first-order valence-electron chi connectivity index (χ1n) is 5.84. The lowest BCUT2D eigenvalue weighted by Crippen LogP contribution is -2.03. The molecule has 0 radical (unpaired) electrons. The van der Waals surface area contributed by atoms with Gasteiger partial charge in [0.1, 0.15) is 0 Å². The van der Waals surface area contributed by atoms with Crippen LogP contribution in [0.1, 0.15) is 40.0 Å². The first kappa shape index (κ1) is 21.6. The maximum absolute atomic E-state index is 9.70. The number of hydrogen-bond donors (Lipinski definition) is 3. The van der Waals surface area contributed by atoms with E-state index in [0.717, 1.165) is 12.8 Å². The number of nitrogens with zero attached hydrogens (tertiary/aromatic N) is 1. The fourth-order valence-electron chi connectivity index (χ4n) is 0.387. The SMILES string of the molecule is CC(C)C(=O)O.CCCCC(O)O.CN(C)C. The number of carbonyl (C=O) groups is 1. The Labute approximate surface area is 105 Å². The number of aliphatic carboxylic acids is 1.